The third kappa shape index (κ3) is 2.92. The van der Waals surface area contributed by atoms with Crippen molar-refractivity contribution in [3.63, 3.8) is 0 Å². The number of nitrogens with zero attached hydrogens (tertiary/aromatic N) is 1. The molecule has 1 unspecified atom stereocenters. The summed E-state index contributed by atoms with van der Waals surface area (Å²) in [7, 11) is -1.38. The van der Waals surface area contributed by atoms with E-state index in [0.29, 0.717) is 15.6 Å². The Labute approximate surface area is 132 Å². The van der Waals surface area contributed by atoms with Gasteiger partial charge in [0.15, 0.2) is 4.34 Å². The number of rotatable bonds is 3. The third-order valence-corrected chi connectivity index (χ3v) is 6.00. The largest absolute Gasteiger partial charge is 0.399 e. The van der Waals surface area contributed by atoms with Crippen LogP contribution in [0.1, 0.15) is 5.56 Å². The first-order chi connectivity index (χ1) is 10.0. The van der Waals surface area contributed by atoms with Crippen molar-refractivity contribution in [2.24, 2.45) is 0 Å². The summed E-state index contributed by atoms with van der Waals surface area (Å²) in [5.74, 6) is -0.380. The molecular weight excluding hydrogens is 331 g/mol. The second-order valence-corrected chi connectivity index (χ2v) is 7.44. The number of anilines is 1. The van der Waals surface area contributed by atoms with Crippen molar-refractivity contribution in [1.82, 2.24) is 4.98 Å². The summed E-state index contributed by atoms with van der Waals surface area (Å²) in [4.78, 5) is 4.33. The van der Waals surface area contributed by atoms with E-state index in [-0.39, 0.29) is 10.8 Å². The lowest BCUT2D eigenvalue weighted by Crippen LogP contribution is -1.97. The summed E-state index contributed by atoms with van der Waals surface area (Å²) in [5, 5.41) is 0.0104. The summed E-state index contributed by atoms with van der Waals surface area (Å²) in [6, 6.07) is 9.81. The SMILES string of the molecule is Nc1ccc2nc(S(=O)Cc3cccc(F)c3Cl)sc2c1. The van der Waals surface area contributed by atoms with Gasteiger partial charge < -0.3 is 5.73 Å². The zero-order chi connectivity index (χ0) is 15.0. The molecule has 7 heteroatoms. The number of thiazole rings is 1. The van der Waals surface area contributed by atoms with Gasteiger partial charge in [0, 0.05) is 5.69 Å². The van der Waals surface area contributed by atoms with Gasteiger partial charge in [0.25, 0.3) is 0 Å². The van der Waals surface area contributed by atoms with Crippen molar-refractivity contribution >= 4 is 49.6 Å². The first-order valence-electron chi connectivity index (χ1n) is 6.02. The summed E-state index contributed by atoms with van der Waals surface area (Å²) in [6.45, 7) is 0. The number of hydrogen-bond acceptors (Lipinski definition) is 4. The molecule has 0 aliphatic rings. The predicted octanol–water partition coefficient (Wildman–Crippen LogP) is 3.98. The zero-order valence-corrected chi connectivity index (χ0v) is 13.1. The van der Waals surface area contributed by atoms with E-state index in [2.05, 4.69) is 4.98 Å². The van der Waals surface area contributed by atoms with Crippen LogP contribution < -0.4 is 5.73 Å². The number of halogens is 2. The second-order valence-electron chi connectivity index (χ2n) is 4.41. The standard InChI is InChI=1S/C14H10ClFN2OS2/c15-13-8(2-1-3-10(13)16)7-21(19)14-18-11-5-4-9(17)6-12(11)20-14/h1-6H,7,17H2. The van der Waals surface area contributed by atoms with Crippen molar-refractivity contribution < 1.29 is 8.60 Å². The van der Waals surface area contributed by atoms with Crippen molar-refractivity contribution in [3.05, 3.63) is 52.8 Å². The Morgan fingerprint density at radius 1 is 1.33 bits per heavy atom. The number of fused-ring (bicyclic) bond motifs is 1. The van der Waals surface area contributed by atoms with Gasteiger partial charge >= 0.3 is 0 Å². The maximum absolute atomic E-state index is 13.4. The Hall–Kier alpha value is -1.50. The van der Waals surface area contributed by atoms with Crippen LogP contribution in [0.25, 0.3) is 10.2 Å². The van der Waals surface area contributed by atoms with Crippen LogP contribution in [0.3, 0.4) is 0 Å². The fraction of sp³-hybridized carbons (Fsp3) is 0.0714. The molecule has 21 heavy (non-hydrogen) atoms. The molecule has 0 bridgehead atoms. The number of nitrogens with two attached hydrogens (primary N) is 1. The van der Waals surface area contributed by atoms with E-state index in [1.54, 1.807) is 30.3 Å². The molecule has 1 atom stereocenters. The molecule has 0 radical (unpaired) electrons. The molecule has 0 amide bonds. The maximum Gasteiger partial charge on any atom is 0.182 e. The van der Waals surface area contributed by atoms with Crippen molar-refractivity contribution in [3.8, 4) is 0 Å². The second kappa shape index (κ2) is 5.71. The Kier molecular flexibility index (Phi) is 3.93. The maximum atomic E-state index is 13.4. The topological polar surface area (TPSA) is 56.0 Å². The van der Waals surface area contributed by atoms with Gasteiger partial charge in [-0.1, -0.05) is 23.7 Å². The van der Waals surface area contributed by atoms with E-state index in [1.165, 1.54) is 17.4 Å². The minimum atomic E-state index is -1.38. The van der Waals surface area contributed by atoms with Gasteiger partial charge in [-0.05, 0) is 29.8 Å². The minimum absolute atomic E-state index is 0.0104. The van der Waals surface area contributed by atoms with Gasteiger partial charge in [-0.25, -0.2) is 9.37 Å². The van der Waals surface area contributed by atoms with Crippen molar-refractivity contribution in [2.75, 3.05) is 5.73 Å². The molecule has 2 N–H and O–H groups in total. The summed E-state index contributed by atoms with van der Waals surface area (Å²) >= 11 is 7.20. The lowest BCUT2D eigenvalue weighted by Gasteiger charge is -2.03. The Bertz CT molecular complexity index is 850. The van der Waals surface area contributed by atoms with Crippen LogP contribution in [0.15, 0.2) is 40.7 Å². The fourth-order valence-corrected chi connectivity index (χ4v) is 4.56. The Balaban J connectivity index is 1.91. The molecule has 0 fully saturated rings. The first-order valence-corrected chi connectivity index (χ1v) is 8.53. The van der Waals surface area contributed by atoms with Gasteiger partial charge in [0.1, 0.15) is 5.82 Å². The lowest BCUT2D eigenvalue weighted by atomic mass is 10.2. The average Bonchev–Trinajstić information content (AvgIpc) is 2.87. The molecule has 0 saturated heterocycles. The van der Waals surface area contributed by atoms with Crippen molar-refractivity contribution in [1.29, 1.82) is 0 Å². The molecule has 0 spiro atoms. The van der Waals surface area contributed by atoms with Crippen LogP contribution in [0, 0.1) is 5.82 Å². The van der Waals surface area contributed by atoms with Crippen LogP contribution in [0.2, 0.25) is 5.02 Å². The molecule has 0 aliphatic carbocycles. The smallest absolute Gasteiger partial charge is 0.182 e. The number of nitrogen functional groups attached to an aromatic ring is 1. The summed E-state index contributed by atoms with van der Waals surface area (Å²) in [6.07, 6.45) is 0. The highest BCUT2D eigenvalue weighted by atomic mass is 35.5. The molecule has 3 rings (SSSR count). The van der Waals surface area contributed by atoms with Crippen molar-refractivity contribution in [2.45, 2.75) is 10.1 Å². The van der Waals surface area contributed by atoms with Gasteiger partial charge in [0.05, 0.1) is 31.8 Å². The highest BCUT2D eigenvalue weighted by Crippen LogP contribution is 2.28. The first kappa shape index (κ1) is 14.4. The molecular formula is C14H10ClFN2OS2. The quantitative estimate of drug-likeness (QED) is 0.734. The zero-order valence-electron chi connectivity index (χ0n) is 10.7. The third-order valence-electron chi connectivity index (χ3n) is 2.91. The van der Waals surface area contributed by atoms with Gasteiger partial charge in [-0.3, -0.25) is 4.21 Å². The Morgan fingerprint density at radius 2 is 2.14 bits per heavy atom. The predicted molar refractivity (Wildman–Crippen MR) is 85.6 cm³/mol. The van der Waals surface area contributed by atoms with Gasteiger partial charge in [-0.2, -0.15) is 0 Å². The molecule has 3 nitrogen and oxygen atoms in total. The molecule has 0 saturated carbocycles. The molecule has 1 heterocycles. The van der Waals surface area contributed by atoms with Crippen LogP contribution in [0.5, 0.6) is 0 Å². The van der Waals surface area contributed by atoms with E-state index in [9.17, 15) is 8.60 Å². The van der Waals surface area contributed by atoms with Crippen LogP contribution in [-0.4, -0.2) is 9.19 Å². The minimum Gasteiger partial charge on any atom is -0.399 e. The molecule has 2 aromatic carbocycles. The van der Waals surface area contributed by atoms with Crippen LogP contribution >= 0.6 is 22.9 Å². The molecule has 3 aromatic rings. The Morgan fingerprint density at radius 3 is 2.95 bits per heavy atom. The van der Waals surface area contributed by atoms with E-state index in [4.69, 9.17) is 17.3 Å². The van der Waals surface area contributed by atoms with Crippen LogP contribution in [-0.2, 0) is 16.6 Å². The fourth-order valence-electron chi connectivity index (χ4n) is 1.88. The average molecular weight is 341 g/mol. The van der Waals surface area contributed by atoms with Gasteiger partial charge in [0.2, 0.25) is 0 Å². The normalized spacial score (nSPS) is 12.7. The lowest BCUT2D eigenvalue weighted by molar-refractivity contribution is 0.626. The number of hydrogen-bond donors (Lipinski definition) is 1. The van der Waals surface area contributed by atoms with E-state index in [0.717, 1.165) is 10.2 Å². The monoisotopic (exact) mass is 340 g/mol. The molecule has 108 valence electrons. The highest BCUT2D eigenvalue weighted by molar-refractivity contribution is 7.86. The van der Waals surface area contributed by atoms with E-state index >= 15 is 0 Å². The summed E-state index contributed by atoms with van der Waals surface area (Å²) in [5.41, 5.74) is 7.61. The van der Waals surface area contributed by atoms with Crippen LogP contribution in [0.4, 0.5) is 10.1 Å². The van der Waals surface area contributed by atoms with E-state index < -0.39 is 16.6 Å². The number of aromatic nitrogens is 1. The molecule has 1 aromatic heterocycles. The summed E-state index contributed by atoms with van der Waals surface area (Å²) < 4.78 is 27.1. The van der Waals surface area contributed by atoms with Gasteiger partial charge in [-0.15, -0.1) is 11.3 Å². The van der Waals surface area contributed by atoms with E-state index in [1.807, 2.05) is 0 Å². The number of benzene rings is 2. The molecule has 0 aliphatic heterocycles. The highest BCUT2D eigenvalue weighted by Gasteiger charge is 2.14.